The van der Waals surface area contributed by atoms with Crippen LogP contribution in [0.2, 0.25) is 5.02 Å². The molecule has 0 bridgehead atoms. The molecule has 0 fully saturated rings. The summed E-state index contributed by atoms with van der Waals surface area (Å²) < 4.78 is 6.05. The molecule has 6 heteroatoms. The third-order valence-electron chi connectivity index (χ3n) is 2.87. The van der Waals surface area contributed by atoms with E-state index in [2.05, 4.69) is 26.2 Å². The Balaban J connectivity index is 1.98. The van der Waals surface area contributed by atoms with Crippen LogP contribution < -0.4 is 5.32 Å². The van der Waals surface area contributed by atoms with Crippen molar-refractivity contribution in [3.63, 3.8) is 0 Å². The standard InChI is InChI=1S/C15H18BrClN2O2/c1-15(2,3)21-14(20)18-5-4-9-8-19-13-7-11(16)12(17)6-10(9)13/h6-8,19H,4-5H2,1-3H3,(H,18,20). The van der Waals surface area contributed by atoms with Gasteiger partial charge in [-0.3, -0.25) is 0 Å². The average Bonchev–Trinajstić information content (AvgIpc) is 2.70. The van der Waals surface area contributed by atoms with Gasteiger partial charge in [-0.15, -0.1) is 0 Å². The largest absolute Gasteiger partial charge is 0.444 e. The SMILES string of the molecule is CC(C)(C)OC(=O)NCCc1c[nH]c2cc(Br)c(Cl)cc12. The van der Waals surface area contributed by atoms with Crippen molar-refractivity contribution in [2.45, 2.75) is 32.8 Å². The van der Waals surface area contributed by atoms with Crippen molar-refractivity contribution < 1.29 is 9.53 Å². The molecule has 2 N–H and O–H groups in total. The van der Waals surface area contributed by atoms with Gasteiger partial charge in [-0.2, -0.15) is 0 Å². The number of fused-ring (bicyclic) bond motifs is 1. The lowest BCUT2D eigenvalue weighted by molar-refractivity contribution is 0.0528. The molecule has 0 aliphatic carbocycles. The number of carbonyl (C=O) groups is 1. The normalized spacial score (nSPS) is 11.7. The summed E-state index contributed by atoms with van der Waals surface area (Å²) in [6.45, 7) is 6.03. The van der Waals surface area contributed by atoms with Gasteiger partial charge in [0.2, 0.25) is 0 Å². The van der Waals surface area contributed by atoms with E-state index in [1.165, 1.54) is 0 Å². The van der Waals surface area contributed by atoms with E-state index in [4.69, 9.17) is 16.3 Å². The summed E-state index contributed by atoms with van der Waals surface area (Å²) >= 11 is 9.52. The molecule has 21 heavy (non-hydrogen) atoms. The summed E-state index contributed by atoms with van der Waals surface area (Å²) in [6.07, 6.45) is 2.24. The number of aromatic nitrogens is 1. The Morgan fingerprint density at radius 1 is 1.43 bits per heavy atom. The smallest absolute Gasteiger partial charge is 0.407 e. The fourth-order valence-electron chi connectivity index (χ4n) is 1.99. The van der Waals surface area contributed by atoms with E-state index in [9.17, 15) is 4.79 Å². The molecule has 0 aliphatic rings. The van der Waals surface area contributed by atoms with Crippen LogP contribution in [0.5, 0.6) is 0 Å². The van der Waals surface area contributed by atoms with Crippen LogP contribution in [-0.2, 0) is 11.2 Å². The molecule has 0 spiro atoms. The number of amides is 1. The van der Waals surface area contributed by atoms with Gasteiger partial charge >= 0.3 is 6.09 Å². The van der Waals surface area contributed by atoms with E-state index in [0.717, 1.165) is 20.9 Å². The second-order valence-electron chi connectivity index (χ2n) is 5.80. The first kappa shape index (κ1) is 16.2. The second-order valence-corrected chi connectivity index (χ2v) is 7.07. The minimum absolute atomic E-state index is 0.400. The third kappa shape index (κ3) is 4.38. The average molecular weight is 374 g/mol. The van der Waals surface area contributed by atoms with Crippen molar-refractivity contribution in [1.82, 2.24) is 10.3 Å². The van der Waals surface area contributed by atoms with Gasteiger partial charge in [-0.1, -0.05) is 11.6 Å². The molecular weight excluding hydrogens is 356 g/mol. The zero-order valence-electron chi connectivity index (χ0n) is 12.2. The molecule has 2 rings (SSSR count). The number of aromatic amines is 1. The number of carbonyl (C=O) groups excluding carboxylic acids is 1. The summed E-state index contributed by atoms with van der Waals surface area (Å²) in [6, 6.07) is 3.86. The maximum atomic E-state index is 11.6. The maximum Gasteiger partial charge on any atom is 0.407 e. The fourth-order valence-corrected chi connectivity index (χ4v) is 2.50. The Labute approximate surface area is 137 Å². The van der Waals surface area contributed by atoms with Crippen LogP contribution in [-0.4, -0.2) is 23.2 Å². The summed E-state index contributed by atoms with van der Waals surface area (Å²) in [5.41, 5.74) is 1.64. The number of alkyl carbamates (subject to hydrolysis) is 1. The lowest BCUT2D eigenvalue weighted by Crippen LogP contribution is -2.33. The highest BCUT2D eigenvalue weighted by Crippen LogP contribution is 2.29. The Hall–Kier alpha value is -1.20. The number of hydrogen-bond acceptors (Lipinski definition) is 2. The zero-order valence-corrected chi connectivity index (χ0v) is 14.6. The Morgan fingerprint density at radius 3 is 2.81 bits per heavy atom. The number of benzene rings is 1. The molecular formula is C15H18BrClN2O2. The molecule has 0 saturated heterocycles. The number of ether oxygens (including phenoxy) is 1. The first-order valence-corrected chi connectivity index (χ1v) is 7.85. The first-order valence-electron chi connectivity index (χ1n) is 6.68. The van der Waals surface area contributed by atoms with Gasteiger partial charge in [0.15, 0.2) is 0 Å². The van der Waals surface area contributed by atoms with Crippen LogP contribution >= 0.6 is 27.5 Å². The monoisotopic (exact) mass is 372 g/mol. The van der Waals surface area contributed by atoms with Gasteiger partial charge in [0.1, 0.15) is 5.60 Å². The molecule has 1 aromatic heterocycles. The molecule has 1 amide bonds. The summed E-state index contributed by atoms with van der Waals surface area (Å²) in [5, 5.41) is 4.48. The van der Waals surface area contributed by atoms with Crippen molar-refractivity contribution in [2.24, 2.45) is 0 Å². The van der Waals surface area contributed by atoms with Crippen LogP contribution in [0.15, 0.2) is 22.8 Å². The van der Waals surface area contributed by atoms with Crippen molar-refractivity contribution in [1.29, 1.82) is 0 Å². The van der Waals surface area contributed by atoms with Gasteiger partial charge in [-0.25, -0.2) is 4.79 Å². The summed E-state index contributed by atoms with van der Waals surface area (Å²) in [5.74, 6) is 0. The van der Waals surface area contributed by atoms with Gasteiger partial charge in [-0.05, 0) is 60.8 Å². The Morgan fingerprint density at radius 2 is 2.14 bits per heavy atom. The molecule has 0 unspecified atom stereocenters. The molecule has 1 aromatic carbocycles. The van der Waals surface area contributed by atoms with Crippen LogP contribution in [0.3, 0.4) is 0 Å². The zero-order chi connectivity index (χ0) is 15.6. The molecule has 0 atom stereocenters. The lowest BCUT2D eigenvalue weighted by atomic mass is 10.1. The molecule has 0 radical (unpaired) electrons. The van der Waals surface area contributed by atoms with E-state index in [0.29, 0.717) is 18.0 Å². The third-order valence-corrected chi connectivity index (χ3v) is 4.07. The Bertz CT molecular complexity index is 661. The topological polar surface area (TPSA) is 54.1 Å². The molecule has 0 aliphatic heterocycles. The first-order chi connectivity index (χ1) is 9.76. The quantitative estimate of drug-likeness (QED) is 0.822. The van der Waals surface area contributed by atoms with E-state index in [-0.39, 0.29) is 0 Å². The minimum Gasteiger partial charge on any atom is -0.444 e. The van der Waals surface area contributed by atoms with Gasteiger partial charge < -0.3 is 15.0 Å². The van der Waals surface area contributed by atoms with Crippen LogP contribution in [0.1, 0.15) is 26.3 Å². The van der Waals surface area contributed by atoms with Crippen LogP contribution in [0.4, 0.5) is 4.79 Å². The minimum atomic E-state index is -0.481. The summed E-state index contributed by atoms with van der Waals surface area (Å²) in [4.78, 5) is 14.8. The Kier molecular flexibility index (Phi) is 4.84. The summed E-state index contributed by atoms with van der Waals surface area (Å²) in [7, 11) is 0. The molecule has 1 heterocycles. The van der Waals surface area contributed by atoms with Crippen molar-refractivity contribution in [3.05, 3.63) is 33.4 Å². The van der Waals surface area contributed by atoms with E-state index in [1.807, 2.05) is 39.1 Å². The van der Waals surface area contributed by atoms with Gasteiger partial charge in [0, 0.05) is 28.1 Å². The van der Waals surface area contributed by atoms with Crippen LogP contribution in [0.25, 0.3) is 10.9 Å². The maximum absolute atomic E-state index is 11.6. The van der Waals surface area contributed by atoms with Crippen molar-refractivity contribution in [3.8, 4) is 0 Å². The second kappa shape index (κ2) is 6.28. The molecule has 4 nitrogen and oxygen atoms in total. The molecule has 114 valence electrons. The van der Waals surface area contributed by atoms with E-state index in [1.54, 1.807) is 0 Å². The predicted molar refractivity (Wildman–Crippen MR) is 88.9 cm³/mol. The number of hydrogen-bond donors (Lipinski definition) is 2. The van der Waals surface area contributed by atoms with E-state index < -0.39 is 11.7 Å². The van der Waals surface area contributed by atoms with Gasteiger partial charge in [0.25, 0.3) is 0 Å². The number of nitrogens with one attached hydrogen (secondary N) is 2. The lowest BCUT2D eigenvalue weighted by Gasteiger charge is -2.19. The predicted octanol–water partition coefficient (Wildman–Crippen LogP) is 4.65. The highest BCUT2D eigenvalue weighted by Gasteiger charge is 2.15. The highest BCUT2D eigenvalue weighted by atomic mass is 79.9. The number of H-pyrrole nitrogens is 1. The van der Waals surface area contributed by atoms with E-state index >= 15 is 0 Å². The van der Waals surface area contributed by atoms with Gasteiger partial charge in [0.05, 0.1) is 5.02 Å². The molecule has 0 saturated carbocycles. The number of rotatable bonds is 3. The van der Waals surface area contributed by atoms with Crippen LogP contribution in [0, 0.1) is 0 Å². The highest BCUT2D eigenvalue weighted by molar-refractivity contribution is 9.10. The van der Waals surface area contributed by atoms with Crippen molar-refractivity contribution in [2.75, 3.05) is 6.54 Å². The number of halogens is 2. The molecule has 2 aromatic rings. The van der Waals surface area contributed by atoms with Crippen molar-refractivity contribution >= 4 is 44.5 Å². The fraction of sp³-hybridized carbons (Fsp3) is 0.400.